The normalized spacial score (nSPS) is 19.2. The molecule has 1 fully saturated rings. The standard InChI is InChI=1S/C15H32N4O2/c1-14(11-16)12-18-6-4-7-19(9-8-18)13-15(20)17-5-3-10-21-2/h14H,3-13,16H2,1-2H3,(H,17,20). The quantitative estimate of drug-likeness (QED) is 0.574. The molecule has 0 aromatic heterocycles. The predicted octanol–water partition coefficient (Wildman–Crippen LogP) is -0.258. The van der Waals surface area contributed by atoms with Gasteiger partial charge in [0, 0.05) is 39.9 Å². The highest BCUT2D eigenvalue weighted by Gasteiger charge is 2.17. The Morgan fingerprint density at radius 3 is 2.71 bits per heavy atom. The lowest BCUT2D eigenvalue weighted by Gasteiger charge is -2.23. The van der Waals surface area contributed by atoms with Crippen LogP contribution in [0.1, 0.15) is 19.8 Å². The third-order valence-electron chi connectivity index (χ3n) is 3.87. The fraction of sp³-hybridized carbons (Fsp3) is 0.933. The van der Waals surface area contributed by atoms with Gasteiger partial charge in [0.05, 0.1) is 6.54 Å². The second kappa shape index (κ2) is 11.0. The van der Waals surface area contributed by atoms with Gasteiger partial charge in [-0.15, -0.1) is 0 Å². The molecule has 0 aromatic rings. The molecule has 1 rings (SSSR count). The molecule has 0 bridgehead atoms. The molecule has 6 nitrogen and oxygen atoms in total. The molecule has 0 spiro atoms. The Hall–Kier alpha value is -0.690. The minimum Gasteiger partial charge on any atom is -0.385 e. The minimum atomic E-state index is 0.120. The molecule has 1 aliphatic heterocycles. The molecular formula is C15H32N4O2. The molecule has 0 radical (unpaired) electrons. The maximum Gasteiger partial charge on any atom is 0.234 e. The van der Waals surface area contributed by atoms with E-state index in [1.807, 2.05) is 0 Å². The van der Waals surface area contributed by atoms with Gasteiger partial charge in [-0.2, -0.15) is 0 Å². The van der Waals surface area contributed by atoms with Crippen LogP contribution in [0.15, 0.2) is 0 Å². The Labute approximate surface area is 129 Å². The van der Waals surface area contributed by atoms with E-state index >= 15 is 0 Å². The van der Waals surface area contributed by atoms with E-state index in [2.05, 4.69) is 22.0 Å². The number of ether oxygens (including phenoxy) is 1. The van der Waals surface area contributed by atoms with E-state index < -0.39 is 0 Å². The van der Waals surface area contributed by atoms with Crippen LogP contribution in [0.3, 0.4) is 0 Å². The van der Waals surface area contributed by atoms with Gasteiger partial charge in [-0.1, -0.05) is 6.92 Å². The summed E-state index contributed by atoms with van der Waals surface area (Å²) in [6.45, 7) is 9.99. The van der Waals surface area contributed by atoms with E-state index in [1.54, 1.807) is 7.11 Å². The average molecular weight is 300 g/mol. The summed E-state index contributed by atoms with van der Waals surface area (Å²) in [6.07, 6.45) is 1.99. The van der Waals surface area contributed by atoms with Crippen LogP contribution >= 0.6 is 0 Å². The monoisotopic (exact) mass is 300 g/mol. The predicted molar refractivity (Wildman–Crippen MR) is 85.2 cm³/mol. The van der Waals surface area contributed by atoms with E-state index in [1.165, 1.54) is 0 Å². The lowest BCUT2D eigenvalue weighted by Crippen LogP contribution is -2.40. The summed E-state index contributed by atoms with van der Waals surface area (Å²) < 4.78 is 4.97. The van der Waals surface area contributed by atoms with Gasteiger partial charge in [0.15, 0.2) is 0 Å². The summed E-state index contributed by atoms with van der Waals surface area (Å²) in [4.78, 5) is 16.6. The smallest absolute Gasteiger partial charge is 0.234 e. The van der Waals surface area contributed by atoms with Gasteiger partial charge < -0.3 is 20.7 Å². The summed E-state index contributed by atoms with van der Waals surface area (Å²) in [5.74, 6) is 0.663. The second-order valence-corrected chi connectivity index (χ2v) is 5.97. The van der Waals surface area contributed by atoms with Crippen molar-refractivity contribution in [2.75, 3.05) is 66.1 Å². The van der Waals surface area contributed by atoms with Gasteiger partial charge in [-0.3, -0.25) is 9.69 Å². The number of rotatable bonds is 9. The Bertz CT molecular complexity index is 289. The maximum atomic E-state index is 11.9. The summed E-state index contributed by atoms with van der Waals surface area (Å²) in [5, 5.41) is 2.95. The van der Waals surface area contributed by atoms with E-state index in [4.69, 9.17) is 10.5 Å². The van der Waals surface area contributed by atoms with E-state index in [0.717, 1.165) is 52.1 Å². The van der Waals surface area contributed by atoms with Gasteiger partial charge in [0.1, 0.15) is 0 Å². The number of nitrogens with zero attached hydrogens (tertiary/aromatic N) is 2. The number of hydrogen-bond acceptors (Lipinski definition) is 5. The van der Waals surface area contributed by atoms with Crippen LogP contribution in [-0.2, 0) is 9.53 Å². The third-order valence-corrected chi connectivity index (χ3v) is 3.87. The molecule has 1 heterocycles. The molecule has 1 atom stereocenters. The lowest BCUT2D eigenvalue weighted by atomic mass is 10.1. The van der Waals surface area contributed by atoms with Crippen LogP contribution in [0, 0.1) is 5.92 Å². The SMILES string of the molecule is COCCCNC(=O)CN1CCCN(CC(C)CN)CC1. The Morgan fingerprint density at radius 2 is 2.00 bits per heavy atom. The zero-order valence-electron chi connectivity index (χ0n) is 13.6. The van der Waals surface area contributed by atoms with Crippen molar-refractivity contribution in [2.24, 2.45) is 11.7 Å². The first kappa shape index (κ1) is 18.4. The van der Waals surface area contributed by atoms with Crippen molar-refractivity contribution < 1.29 is 9.53 Å². The summed E-state index contributed by atoms with van der Waals surface area (Å²) >= 11 is 0. The molecule has 3 N–H and O–H groups in total. The molecule has 1 unspecified atom stereocenters. The summed E-state index contributed by atoms with van der Waals surface area (Å²) in [7, 11) is 1.68. The highest BCUT2D eigenvalue weighted by Crippen LogP contribution is 2.05. The minimum absolute atomic E-state index is 0.120. The molecule has 1 aliphatic rings. The molecule has 124 valence electrons. The first-order valence-corrected chi connectivity index (χ1v) is 8.06. The first-order chi connectivity index (χ1) is 10.2. The van der Waals surface area contributed by atoms with Crippen LogP contribution in [0.4, 0.5) is 0 Å². The Balaban J connectivity index is 2.20. The van der Waals surface area contributed by atoms with Crippen LogP contribution in [-0.4, -0.2) is 81.8 Å². The van der Waals surface area contributed by atoms with Crippen LogP contribution < -0.4 is 11.1 Å². The van der Waals surface area contributed by atoms with Crippen molar-refractivity contribution in [3.63, 3.8) is 0 Å². The largest absolute Gasteiger partial charge is 0.385 e. The number of methoxy groups -OCH3 is 1. The molecule has 0 saturated carbocycles. The molecule has 0 aliphatic carbocycles. The molecular weight excluding hydrogens is 268 g/mol. The maximum absolute atomic E-state index is 11.9. The molecule has 21 heavy (non-hydrogen) atoms. The van der Waals surface area contributed by atoms with Crippen molar-refractivity contribution >= 4 is 5.91 Å². The van der Waals surface area contributed by atoms with Crippen molar-refractivity contribution in [3.05, 3.63) is 0 Å². The number of carbonyl (C=O) groups excluding carboxylic acids is 1. The van der Waals surface area contributed by atoms with Crippen molar-refractivity contribution in [1.29, 1.82) is 0 Å². The van der Waals surface area contributed by atoms with Gasteiger partial charge in [0.25, 0.3) is 0 Å². The van der Waals surface area contributed by atoms with Gasteiger partial charge in [-0.05, 0) is 38.4 Å². The molecule has 6 heteroatoms. The molecule has 1 saturated heterocycles. The highest BCUT2D eigenvalue weighted by molar-refractivity contribution is 5.77. The van der Waals surface area contributed by atoms with Crippen molar-refractivity contribution in [3.8, 4) is 0 Å². The fourth-order valence-electron chi connectivity index (χ4n) is 2.58. The number of hydrogen-bond donors (Lipinski definition) is 2. The van der Waals surface area contributed by atoms with Crippen LogP contribution in [0.5, 0.6) is 0 Å². The zero-order chi connectivity index (χ0) is 15.5. The van der Waals surface area contributed by atoms with E-state index in [0.29, 0.717) is 25.6 Å². The van der Waals surface area contributed by atoms with Gasteiger partial charge in [0.2, 0.25) is 5.91 Å². The van der Waals surface area contributed by atoms with Crippen molar-refractivity contribution in [2.45, 2.75) is 19.8 Å². The second-order valence-electron chi connectivity index (χ2n) is 5.97. The first-order valence-electron chi connectivity index (χ1n) is 8.06. The van der Waals surface area contributed by atoms with Crippen LogP contribution in [0.25, 0.3) is 0 Å². The summed E-state index contributed by atoms with van der Waals surface area (Å²) in [5.41, 5.74) is 5.69. The van der Waals surface area contributed by atoms with Crippen molar-refractivity contribution in [1.82, 2.24) is 15.1 Å². The molecule has 1 amide bonds. The third kappa shape index (κ3) is 8.36. The summed E-state index contributed by atoms with van der Waals surface area (Å²) in [6, 6.07) is 0. The number of carbonyl (C=O) groups is 1. The highest BCUT2D eigenvalue weighted by atomic mass is 16.5. The topological polar surface area (TPSA) is 70.8 Å². The number of nitrogens with one attached hydrogen (secondary N) is 1. The zero-order valence-corrected chi connectivity index (χ0v) is 13.6. The fourth-order valence-corrected chi connectivity index (χ4v) is 2.58. The number of amides is 1. The van der Waals surface area contributed by atoms with Crippen LogP contribution in [0.2, 0.25) is 0 Å². The lowest BCUT2D eigenvalue weighted by molar-refractivity contribution is -0.122. The molecule has 0 aromatic carbocycles. The van der Waals surface area contributed by atoms with Gasteiger partial charge in [-0.25, -0.2) is 0 Å². The number of nitrogens with two attached hydrogens (primary N) is 1. The Morgan fingerprint density at radius 1 is 1.29 bits per heavy atom. The van der Waals surface area contributed by atoms with Gasteiger partial charge >= 0.3 is 0 Å². The average Bonchev–Trinajstić information content (AvgIpc) is 2.69. The van der Waals surface area contributed by atoms with E-state index in [-0.39, 0.29) is 5.91 Å². The van der Waals surface area contributed by atoms with E-state index in [9.17, 15) is 4.79 Å². The Kier molecular flexibility index (Phi) is 9.58.